The molecule has 2 saturated carbocycles. The smallest absolute Gasteiger partial charge is 0.349 e. The number of fused-ring (bicyclic) bond motifs is 1. The minimum atomic E-state index is -4.94. The molecule has 4 aliphatic rings. The number of aromatic nitrogens is 4. The number of rotatable bonds is 6. The summed E-state index contributed by atoms with van der Waals surface area (Å²) in [7, 11) is 1.31. The molecule has 2 aliphatic heterocycles. The van der Waals surface area contributed by atoms with Gasteiger partial charge in [0.25, 0.3) is 17.7 Å². The second-order valence-corrected chi connectivity index (χ2v) is 12.7. The van der Waals surface area contributed by atoms with E-state index in [2.05, 4.69) is 26.0 Å². The highest BCUT2D eigenvalue weighted by Crippen LogP contribution is 2.53. The molecular formula is C29H29ClF5N9O3. The second kappa shape index (κ2) is 11.2. The molecule has 0 radical (unpaired) electrons. The normalized spacial score (nSPS) is 24.6. The number of piperidine rings is 1. The van der Waals surface area contributed by atoms with Crippen molar-refractivity contribution in [3.05, 3.63) is 52.7 Å². The van der Waals surface area contributed by atoms with Crippen molar-refractivity contribution in [1.29, 1.82) is 0 Å². The number of imidazole rings is 1. The van der Waals surface area contributed by atoms with Crippen LogP contribution in [0.2, 0.25) is 5.02 Å². The number of benzene rings is 1. The van der Waals surface area contributed by atoms with Crippen LogP contribution in [-0.4, -0.2) is 98.2 Å². The fraction of sp³-hybridized carbons (Fsp3) is 0.483. The Morgan fingerprint density at radius 2 is 1.74 bits per heavy atom. The van der Waals surface area contributed by atoms with E-state index in [0.717, 1.165) is 30.1 Å². The number of anilines is 1. The van der Waals surface area contributed by atoms with Gasteiger partial charge in [-0.05, 0) is 18.2 Å². The largest absolute Gasteiger partial charge is 0.435 e. The number of nitrogens with zero attached hydrogens (tertiary/aromatic N) is 6. The summed E-state index contributed by atoms with van der Waals surface area (Å²) >= 11 is 6.39. The average molecular weight is 682 g/mol. The van der Waals surface area contributed by atoms with Crippen LogP contribution in [0.1, 0.15) is 39.1 Å². The number of likely N-dealkylation sites (tertiary alicyclic amines) is 1. The third kappa shape index (κ3) is 5.79. The van der Waals surface area contributed by atoms with E-state index in [0.29, 0.717) is 30.9 Å². The molecule has 2 aliphatic carbocycles. The zero-order valence-corrected chi connectivity index (χ0v) is 25.6. The first-order valence-corrected chi connectivity index (χ1v) is 15.3. The van der Waals surface area contributed by atoms with E-state index in [9.17, 15) is 36.3 Å². The fourth-order valence-corrected chi connectivity index (χ4v) is 6.72. The predicted molar refractivity (Wildman–Crippen MR) is 157 cm³/mol. The Morgan fingerprint density at radius 1 is 1.06 bits per heavy atom. The minimum absolute atomic E-state index is 0.0225. The zero-order valence-electron chi connectivity index (χ0n) is 24.8. The summed E-state index contributed by atoms with van der Waals surface area (Å²) in [5.41, 5.74) is -1.63. The number of amides is 4. The van der Waals surface area contributed by atoms with E-state index >= 15 is 0 Å². The second-order valence-electron chi connectivity index (χ2n) is 12.3. The lowest BCUT2D eigenvalue weighted by molar-refractivity contribution is -0.141. The number of hydrogen-bond donors (Lipinski definition) is 3. The molecule has 3 aromatic rings. The zero-order chi connectivity index (χ0) is 33.4. The highest BCUT2D eigenvalue weighted by molar-refractivity contribution is 6.34. The number of hydrogen-bond acceptors (Lipinski definition) is 6. The van der Waals surface area contributed by atoms with Gasteiger partial charge in [0.2, 0.25) is 0 Å². The lowest BCUT2D eigenvalue weighted by atomic mass is 10.2. The van der Waals surface area contributed by atoms with Crippen molar-refractivity contribution in [3.8, 4) is 11.3 Å². The lowest BCUT2D eigenvalue weighted by Crippen LogP contribution is -2.52. The van der Waals surface area contributed by atoms with Gasteiger partial charge in [-0.15, -0.1) is 0 Å². The van der Waals surface area contributed by atoms with Gasteiger partial charge in [0.15, 0.2) is 11.5 Å². The SMILES string of the molecule is Cn1c(-c2cn(C3CC3(F)F)nc2C(F)(F)F)cnc1C(=O)Nc1ccc(C(=O)N[C@@H]2[C@@H]3CN(C(=O)N4CCNCC4)C[C@@H]32)c(Cl)c1. The molecule has 47 heavy (non-hydrogen) atoms. The highest BCUT2D eigenvalue weighted by Gasteiger charge is 2.60. The number of piperazine rings is 1. The monoisotopic (exact) mass is 681 g/mol. The molecule has 4 amide bonds. The minimum Gasteiger partial charge on any atom is -0.349 e. The van der Waals surface area contributed by atoms with Crippen LogP contribution in [0.3, 0.4) is 0 Å². The summed E-state index contributed by atoms with van der Waals surface area (Å²) in [4.78, 5) is 46.4. The van der Waals surface area contributed by atoms with E-state index in [1.165, 1.54) is 25.2 Å². The standard InChI is InChI=1S/C29H29ClF5N9O3/c1-41-20(18-13-44(21-9-28(21,31)32)40-23(18)29(33,34)35)10-37-24(41)26(46)38-14-2-3-15(19(30)8-14)25(45)39-22-16-11-43(12-17(16)22)27(47)42-6-4-36-5-7-42/h2-3,8,10,13,16-17,21-22,36H,4-7,9,11-12H2,1H3,(H,38,46)(H,39,45)/t16-,17+,21?,22-. The molecule has 250 valence electrons. The quantitative estimate of drug-likeness (QED) is 0.342. The van der Waals surface area contributed by atoms with E-state index in [1.807, 2.05) is 9.80 Å². The first-order chi connectivity index (χ1) is 22.2. The summed E-state index contributed by atoms with van der Waals surface area (Å²) < 4.78 is 70.1. The Hall–Kier alpha value is -4.25. The molecule has 0 spiro atoms. The first-order valence-electron chi connectivity index (χ1n) is 15.0. The van der Waals surface area contributed by atoms with Crippen molar-refractivity contribution >= 4 is 35.1 Å². The van der Waals surface area contributed by atoms with E-state index < -0.39 is 47.6 Å². The van der Waals surface area contributed by atoms with Gasteiger partial charge in [0.05, 0.1) is 28.0 Å². The van der Waals surface area contributed by atoms with Gasteiger partial charge in [0, 0.05) is 82.5 Å². The van der Waals surface area contributed by atoms with Crippen molar-refractivity contribution in [1.82, 2.24) is 39.8 Å². The Morgan fingerprint density at radius 3 is 2.36 bits per heavy atom. The van der Waals surface area contributed by atoms with Crippen molar-refractivity contribution in [2.75, 3.05) is 44.6 Å². The van der Waals surface area contributed by atoms with Gasteiger partial charge in [-0.1, -0.05) is 11.6 Å². The number of carbonyl (C=O) groups is 3. The predicted octanol–water partition coefficient (Wildman–Crippen LogP) is 3.47. The summed E-state index contributed by atoms with van der Waals surface area (Å²) in [6.07, 6.45) is -3.64. The molecule has 4 atom stereocenters. The number of alkyl halides is 5. The van der Waals surface area contributed by atoms with Crippen LogP contribution in [0, 0.1) is 11.8 Å². The Labute approximate surface area is 269 Å². The Kier molecular flexibility index (Phi) is 7.46. The molecule has 3 N–H and O–H groups in total. The summed E-state index contributed by atoms with van der Waals surface area (Å²) in [5.74, 6) is -4.25. The average Bonchev–Trinajstić information content (AvgIpc) is 3.52. The summed E-state index contributed by atoms with van der Waals surface area (Å²) in [6, 6.07) is 2.72. The molecule has 1 aromatic carbocycles. The highest BCUT2D eigenvalue weighted by atomic mass is 35.5. The van der Waals surface area contributed by atoms with E-state index in [-0.39, 0.29) is 51.7 Å². The van der Waals surface area contributed by atoms with Crippen molar-refractivity contribution in [2.45, 2.75) is 30.6 Å². The van der Waals surface area contributed by atoms with Gasteiger partial charge >= 0.3 is 12.2 Å². The first kappa shape index (κ1) is 31.4. The number of carbonyl (C=O) groups excluding carboxylic acids is 3. The summed E-state index contributed by atoms with van der Waals surface area (Å²) in [5, 5.41) is 12.2. The van der Waals surface area contributed by atoms with Gasteiger partial charge in [0.1, 0.15) is 6.04 Å². The van der Waals surface area contributed by atoms with Crippen LogP contribution >= 0.6 is 11.6 Å². The topological polar surface area (TPSA) is 129 Å². The van der Waals surface area contributed by atoms with Crippen LogP contribution in [0.25, 0.3) is 11.3 Å². The number of urea groups is 1. The molecule has 2 saturated heterocycles. The van der Waals surface area contributed by atoms with Crippen molar-refractivity contribution < 1.29 is 36.3 Å². The molecule has 0 bridgehead atoms. The molecule has 1 unspecified atom stereocenters. The van der Waals surface area contributed by atoms with Crippen LogP contribution in [0.4, 0.5) is 32.4 Å². The Bertz CT molecular complexity index is 1760. The van der Waals surface area contributed by atoms with E-state index in [1.54, 1.807) is 0 Å². The molecule has 4 fully saturated rings. The third-order valence-corrected chi connectivity index (χ3v) is 9.51. The van der Waals surface area contributed by atoms with Gasteiger partial charge in [-0.3, -0.25) is 14.3 Å². The molecule has 7 rings (SSSR count). The molecule has 4 heterocycles. The van der Waals surface area contributed by atoms with Crippen molar-refractivity contribution in [3.63, 3.8) is 0 Å². The van der Waals surface area contributed by atoms with Crippen LogP contribution < -0.4 is 16.0 Å². The molecule has 12 nitrogen and oxygen atoms in total. The van der Waals surface area contributed by atoms with Crippen molar-refractivity contribution in [2.24, 2.45) is 18.9 Å². The fourth-order valence-electron chi connectivity index (χ4n) is 6.45. The van der Waals surface area contributed by atoms with Gasteiger partial charge < -0.3 is 30.3 Å². The maximum absolute atomic E-state index is 13.7. The number of halogens is 6. The molecule has 18 heteroatoms. The lowest BCUT2D eigenvalue weighted by Gasteiger charge is -2.32. The number of nitrogens with one attached hydrogen (secondary N) is 3. The molecule has 2 aromatic heterocycles. The van der Waals surface area contributed by atoms with Crippen LogP contribution in [-0.2, 0) is 13.2 Å². The third-order valence-electron chi connectivity index (χ3n) is 9.20. The maximum Gasteiger partial charge on any atom is 0.435 e. The maximum atomic E-state index is 13.7. The molecular weight excluding hydrogens is 653 g/mol. The summed E-state index contributed by atoms with van der Waals surface area (Å²) in [6.45, 7) is 4.02. The van der Waals surface area contributed by atoms with E-state index in [4.69, 9.17) is 11.6 Å². The van der Waals surface area contributed by atoms with Gasteiger partial charge in [-0.2, -0.15) is 18.3 Å². The Balaban J connectivity index is 0.981. The van der Waals surface area contributed by atoms with Crippen LogP contribution in [0.5, 0.6) is 0 Å². The van der Waals surface area contributed by atoms with Gasteiger partial charge in [-0.25, -0.2) is 18.6 Å². The van der Waals surface area contributed by atoms with Crippen LogP contribution in [0.15, 0.2) is 30.6 Å².